The maximum atomic E-state index is 12.5. The van der Waals surface area contributed by atoms with Crippen molar-refractivity contribution >= 4 is 27.2 Å². The number of hydrogen-bond donors (Lipinski definition) is 2. The molecule has 1 aliphatic heterocycles. The number of hydrogen-bond acceptors (Lipinski definition) is 4. The predicted molar refractivity (Wildman–Crippen MR) is 80.6 cm³/mol. The molecule has 110 valence electrons. The van der Waals surface area contributed by atoms with Crippen LogP contribution in [0.15, 0.2) is 0 Å². The Morgan fingerprint density at radius 1 is 1.32 bits per heavy atom. The smallest absolute Gasteiger partial charge is 0.215 e. The lowest BCUT2D eigenvalue weighted by molar-refractivity contribution is 0.220. The second-order valence-corrected chi connectivity index (χ2v) is 8.20. The molecule has 3 N–H and O–H groups in total. The Bertz CT molecular complexity index is 436. The molecule has 0 aromatic carbocycles. The fraction of sp³-hybridized carbons (Fsp3) is 0.917. The summed E-state index contributed by atoms with van der Waals surface area (Å²) >= 11 is 5.14. The summed E-state index contributed by atoms with van der Waals surface area (Å²) in [6.07, 6.45) is 4.81. The quantitative estimate of drug-likeness (QED) is 0.744. The molecule has 0 amide bonds. The van der Waals surface area contributed by atoms with Crippen LogP contribution in [0.5, 0.6) is 0 Å². The third-order valence-electron chi connectivity index (χ3n) is 4.39. The van der Waals surface area contributed by atoms with Gasteiger partial charge in [-0.1, -0.05) is 25.1 Å². The highest BCUT2D eigenvalue weighted by atomic mass is 32.2. The number of rotatable bonds is 4. The van der Waals surface area contributed by atoms with Gasteiger partial charge in [-0.2, -0.15) is 0 Å². The highest BCUT2D eigenvalue weighted by Crippen LogP contribution is 2.28. The van der Waals surface area contributed by atoms with Crippen LogP contribution in [-0.2, 0) is 10.0 Å². The summed E-state index contributed by atoms with van der Waals surface area (Å²) in [5.74, 6) is 0. The van der Waals surface area contributed by atoms with Crippen molar-refractivity contribution < 1.29 is 8.42 Å². The van der Waals surface area contributed by atoms with E-state index in [-0.39, 0.29) is 10.2 Å². The minimum Gasteiger partial charge on any atom is -0.392 e. The first-order valence-electron chi connectivity index (χ1n) is 6.87. The SMILES string of the molecule is CN1CCC(NS(=O)(=O)C2CCCC2)(C(N)=S)CC1. The van der Waals surface area contributed by atoms with Crippen LogP contribution in [0.1, 0.15) is 38.5 Å². The number of piperidine rings is 1. The maximum Gasteiger partial charge on any atom is 0.215 e. The summed E-state index contributed by atoms with van der Waals surface area (Å²) < 4.78 is 27.8. The van der Waals surface area contributed by atoms with E-state index in [9.17, 15) is 8.42 Å². The molecule has 19 heavy (non-hydrogen) atoms. The van der Waals surface area contributed by atoms with Crippen molar-refractivity contribution in [2.24, 2.45) is 5.73 Å². The van der Waals surface area contributed by atoms with Gasteiger partial charge in [0.1, 0.15) is 0 Å². The molecule has 0 aromatic rings. The minimum atomic E-state index is -3.32. The van der Waals surface area contributed by atoms with Crippen molar-refractivity contribution in [2.45, 2.75) is 49.3 Å². The third kappa shape index (κ3) is 3.26. The molecule has 1 aliphatic carbocycles. The van der Waals surface area contributed by atoms with Gasteiger partial charge in [-0.3, -0.25) is 0 Å². The van der Waals surface area contributed by atoms with Gasteiger partial charge >= 0.3 is 0 Å². The normalized spacial score (nSPS) is 25.5. The standard InChI is InChI=1S/C12H23N3O2S2/c1-15-8-6-12(7-9-15,11(13)18)14-19(16,17)10-4-2-3-5-10/h10,14H,2-9H2,1H3,(H2,13,18). The van der Waals surface area contributed by atoms with Crippen molar-refractivity contribution in [2.75, 3.05) is 20.1 Å². The van der Waals surface area contributed by atoms with Crippen LogP contribution in [0.4, 0.5) is 0 Å². The van der Waals surface area contributed by atoms with Crippen molar-refractivity contribution in [3.8, 4) is 0 Å². The van der Waals surface area contributed by atoms with Crippen LogP contribution < -0.4 is 10.5 Å². The molecule has 1 saturated carbocycles. The number of sulfonamides is 1. The lowest BCUT2D eigenvalue weighted by atomic mass is 9.89. The fourth-order valence-electron chi connectivity index (χ4n) is 2.95. The van der Waals surface area contributed by atoms with E-state index in [4.69, 9.17) is 18.0 Å². The van der Waals surface area contributed by atoms with Crippen LogP contribution in [0.2, 0.25) is 0 Å². The second-order valence-electron chi connectivity index (χ2n) is 5.80. The maximum absolute atomic E-state index is 12.5. The molecule has 0 spiro atoms. The van der Waals surface area contributed by atoms with Crippen LogP contribution in [-0.4, -0.2) is 49.2 Å². The van der Waals surface area contributed by atoms with E-state index >= 15 is 0 Å². The van der Waals surface area contributed by atoms with E-state index in [1.807, 2.05) is 7.05 Å². The molecule has 7 heteroatoms. The lowest BCUT2D eigenvalue weighted by Gasteiger charge is -2.40. The summed E-state index contributed by atoms with van der Waals surface area (Å²) in [6.45, 7) is 1.62. The topological polar surface area (TPSA) is 75.4 Å². The van der Waals surface area contributed by atoms with Gasteiger partial charge < -0.3 is 10.6 Å². The van der Waals surface area contributed by atoms with Gasteiger partial charge in [0.15, 0.2) is 0 Å². The number of nitrogens with zero attached hydrogens (tertiary/aromatic N) is 1. The fourth-order valence-corrected chi connectivity index (χ4v) is 5.25. The molecule has 2 rings (SSSR count). The van der Waals surface area contributed by atoms with Crippen molar-refractivity contribution in [1.82, 2.24) is 9.62 Å². The van der Waals surface area contributed by atoms with E-state index in [0.717, 1.165) is 38.8 Å². The Morgan fingerprint density at radius 3 is 2.32 bits per heavy atom. The second kappa shape index (κ2) is 5.63. The van der Waals surface area contributed by atoms with Crippen LogP contribution in [0.3, 0.4) is 0 Å². The van der Waals surface area contributed by atoms with Crippen LogP contribution in [0, 0.1) is 0 Å². The number of nitrogens with one attached hydrogen (secondary N) is 1. The highest BCUT2D eigenvalue weighted by molar-refractivity contribution is 7.90. The zero-order chi connectivity index (χ0) is 14.1. The van der Waals surface area contributed by atoms with Gasteiger partial charge in [-0.05, 0) is 32.7 Å². The molecular formula is C12H23N3O2S2. The van der Waals surface area contributed by atoms with E-state index in [1.54, 1.807) is 0 Å². The Labute approximate surface area is 121 Å². The number of likely N-dealkylation sites (tertiary alicyclic amines) is 1. The number of nitrogens with two attached hydrogens (primary N) is 1. The third-order valence-corrected chi connectivity index (χ3v) is 6.81. The molecule has 0 unspecified atom stereocenters. The van der Waals surface area contributed by atoms with Gasteiger partial charge in [0.25, 0.3) is 0 Å². The first kappa shape index (κ1) is 15.2. The van der Waals surface area contributed by atoms with Crippen LogP contribution >= 0.6 is 12.2 Å². The average molecular weight is 305 g/mol. The molecule has 0 radical (unpaired) electrons. The molecule has 2 aliphatic rings. The number of thiocarbonyl (C=S) groups is 1. The van der Waals surface area contributed by atoms with Crippen molar-refractivity contribution in [1.29, 1.82) is 0 Å². The zero-order valence-corrected chi connectivity index (χ0v) is 13.0. The van der Waals surface area contributed by atoms with E-state index in [1.165, 1.54) is 0 Å². The van der Waals surface area contributed by atoms with Crippen molar-refractivity contribution in [3.05, 3.63) is 0 Å². The summed E-state index contributed by atoms with van der Waals surface area (Å²) in [6, 6.07) is 0. The van der Waals surface area contributed by atoms with Gasteiger partial charge in [0, 0.05) is 13.1 Å². The summed E-state index contributed by atoms with van der Waals surface area (Å²) in [4.78, 5) is 2.45. The Kier molecular flexibility index (Phi) is 4.49. The largest absolute Gasteiger partial charge is 0.392 e. The van der Waals surface area contributed by atoms with Gasteiger partial charge in [-0.25, -0.2) is 13.1 Å². The van der Waals surface area contributed by atoms with Gasteiger partial charge in [-0.15, -0.1) is 0 Å². The van der Waals surface area contributed by atoms with E-state index in [0.29, 0.717) is 12.8 Å². The first-order chi connectivity index (χ1) is 8.86. The van der Waals surface area contributed by atoms with Gasteiger partial charge in [0.2, 0.25) is 10.0 Å². The van der Waals surface area contributed by atoms with E-state index in [2.05, 4.69) is 9.62 Å². The molecule has 0 atom stereocenters. The summed E-state index contributed by atoms with van der Waals surface area (Å²) in [5, 5.41) is -0.265. The Balaban J connectivity index is 2.15. The summed E-state index contributed by atoms with van der Waals surface area (Å²) in [5.41, 5.74) is 5.12. The molecule has 2 fully saturated rings. The monoisotopic (exact) mass is 305 g/mol. The Hall–Kier alpha value is -0.240. The van der Waals surface area contributed by atoms with Gasteiger partial charge in [0.05, 0.1) is 15.8 Å². The Morgan fingerprint density at radius 2 is 1.84 bits per heavy atom. The summed E-state index contributed by atoms with van der Waals surface area (Å²) in [7, 11) is -1.29. The predicted octanol–water partition coefficient (Wildman–Crippen LogP) is 0.599. The average Bonchev–Trinajstić information content (AvgIpc) is 2.86. The van der Waals surface area contributed by atoms with Crippen molar-refractivity contribution in [3.63, 3.8) is 0 Å². The lowest BCUT2D eigenvalue weighted by Crippen LogP contribution is -2.62. The molecule has 5 nitrogen and oxygen atoms in total. The zero-order valence-electron chi connectivity index (χ0n) is 11.4. The molecule has 0 aromatic heterocycles. The van der Waals surface area contributed by atoms with Crippen LogP contribution in [0.25, 0.3) is 0 Å². The highest BCUT2D eigenvalue weighted by Gasteiger charge is 2.42. The minimum absolute atomic E-state index is 0.265. The molecule has 1 saturated heterocycles. The molecular weight excluding hydrogens is 282 g/mol. The first-order valence-corrected chi connectivity index (χ1v) is 8.82. The van der Waals surface area contributed by atoms with E-state index < -0.39 is 15.6 Å². The molecule has 1 heterocycles. The molecule has 0 bridgehead atoms.